The molecule has 2 rings (SSSR count). The number of hydrogen-bond acceptors (Lipinski definition) is 6. The van der Waals surface area contributed by atoms with E-state index in [1.807, 2.05) is 0 Å². The zero-order valence-electron chi connectivity index (χ0n) is 10.8. The maximum Gasteiger partial charge on any atom is 0.343 e. The summed E-state index contributed by atoms with van der Waals surface area (Å²) in [5, 5.41) is 21.0. The van der Waals surface area contributed by atoms with Crippen LogP contribution in [0, 0.1) is 20.2 Å². The van der Waals surface area contributed by atoms with Crippen LogP contribution < -0.4 is 4.74 Å². The zero-order valence-corrected chi connectivity index (χ0v) is 11.5. The van der Waals surface area contributed by atoms with Gasteiger partial charge in [0.25, 0.3) is 11.4 Å². The Kier molecular flexibility index (Phi) is 4.33. The summed E-state index contributed by atoms with van der Waals surface area (Å²) < 4.78 is 5.00. The van der Waals surface area contributed by atoms with Crippen LogP contribution in [0.4, 0.5) is 11.4 Å². The molecule has 0 aliphatic rings. The summed E-state index contributed by atoms with van der Waals surface area (Å²) in [4.78, 5) is 31.8. The number of ether oxygens (including phenoxy) is 1. The van der Waals surface area contributed by atoms with Crippen LogP contribution in [0.25, 0.3) is 0 Å². The summed E-state index contributed by atoms with van der Waals surface area (Å²) in [6.45, 7) is 0. The fourth-order valence-corrected chi connectivity index (χ4v) is 1.78. The summed E-state index contributed by atoms with van der Waals surface area (Å²) in [7, 11) is 0. The second-order valence-electron chi connectivity index (χ2n) is 4.07. The van der Waals surface area contributed by atoms with E-state index in [1.165, 1.54) is 18.2 Å². The van der Waals surface area contributed by atoms with Gasteiger partial charge in [0.1, 0.15) is 5.75 Å². The monoisotopic (exact) mass is 322 g/mol. The van der Waals surface area contributed by atoms with Gasteiger partial charge in [0.15, 0.2) is 0 Å². The molecule has 112 valence electrons. The molecular weight excluding hydrogens is 316 g/mol. The second kappa shape index (κ2) is 6.19. The third-order valence-corrected chi connectivity index (χ3v) is 2.94. The van der Waals surface area contributed by atoms with Crippen molar-refractivity contribution in [2.75, 3.05) is 0 Å². The number of non-ortho nitro benzene ring substituents is 2. The van der Waals surface area contributed by atoms with Crippen molar-refractivity contribution in [2.45, 2.75) is 0 Å². The first kappa shape index (κ1) is 15.4. The van der Waals surface area contributed by atoms with Gasteiger partial charge >= 0.3 is 5.97 Å². The zero-order chi connectivity index (χ0) is 16.3. The summed E-state index contributed by atoms with van der Waals surface area (Å²) in [5.74, 6) is -0.832. The number of nitro benzene ring substituents is 2. The number of esters is 1. The van der Waals surface area contributed by atoms with Gasteiger partial charge in [-0.15, -0.1) is 0 Å². The van der Waals surface area contributed by atoms with E-state index in [1.54, 1.807) is 0 Å². The predicted molar refractivity (Wildman–Crippen MR) is 76.2 cm³/mol. The molecule has 8 nitrogen and oxygen atoms in total. The van der Waals surface area contributed by atoms with Crippen molar-refractivity contribution in [2.24, 2.45) is 0 Å². The van der Waals surface area contributed by atoms with Crippen molar-refractivity contribution in [3.05, 3.63) is 73.3 Å². The predicted octanol–water partition coefficient (Wildman–Crippen LogP) is 3.38. The number of nitrogens with zero attached hydrogens (tertiary/aromatic N) is 2. The molecule has 2 aromatic rings. The molecule has 0 saturated carbocycles. The first-order chi connectivity index (χ1) is 10.4. The number of hydrogen-bond donors (Lipinski definition) is 0. The number of benzene rings is 2. The molecule has 0 fully saturated rings. The third-order valence-electron chi connectivity index (χ3n) is 2.64. The topological polar surface area (TPSA) is 113 Å². The van der Waals surface area contributed by atoms with Crippen molar-refractivity contribution in [3.8, 4) is 5.75 Å². The Morgan fingerprint density at radius 1 is 0.955 bits per heavy atom. The van der Waals surface area contributed by atoms with E-state index < -0.39 is 15.8 Å². The van der Waals surface area contributed by atoms with E-state index in [9.17, 15) is 25.0 Å². The number of carbonyl (C=O) groups excluding carboxylic acids is 1. The van der Waals surface area contributed by atoms with Gasteiger partial charge in [-0.05, 0) is 18.2 Å². The lowest BCUT2D eigenvalue weighted by Gasteiger charge is -2.06. The van der Waals surface area contributed by atoms with Crippen LogP contribution in [0.5, 0.6) is 5.75 Å². The van der Waals surface area contributed by atoms with Gasteiger partial charge in [-0.2, -0.15) is 0 Å². The second-order valence-corrected chi connectivity index (χ2v) is 4.47. The first-order valence-electron chi connectivity index (χ1n) is 5.79. The highest BCUT2D eigenvalue weighted by Crippen LogP contribution is 2.29. The van der Waals surface area contributed by atoms with Gasteiger partial charge in [0.2, 0.25) is 0 Å². The lowest BCUT2D eigenvalue weighted by Crippen LogP contribution is -2.08. The fraction of sp³-hybridized carbons (Fsp3) is 0. The van der Waals surface area contributed by atoms with E-state index >= 15 is 0 Å². The van der Waals surface area contributed by atoms with E-state index in [4.69, 9.17) is 16.3 Å². The molecule has 22 heavy (non-hydrogen) atoms. The first-order valence-corrected chi connectivity index (χ1v) is 6.17. The maximum absolute atomic E-state index is 11.9. The smallest absolute Gasteiger partial charge is 0.343 e. The Labute approximate surface area is 128 Å². The number of rotatable bonds is 4. The molecule has 0 aromatic heterocycles. The van der Waals surface area contributed by atoms with Crippen molar-refractivity contribution in [1.82, 2.24) is 0 Å². The van der Waals surface area contributed by atoms with E-state index in [0.717, 1.165) is 24.3 Å². The Hall–Kier alpha value is -3.00. The molecule has 9 heteroatoms. The lowest BCUT2D eigenvalue weighted by atomic mass is 10.2. The quantitative estimate of drug-likeness (QED) is 0.369. The Balaban J connectivity index is 2.18. The number of carbonyl (C=O) groups is 1. The molecule has 0 N–H and O–H groups in total. The highest BCUT2D eigenvalue weighted by molar-refractivity contribution is 6.32. The molecule has 0 unspecified atom stereocenters. The number of nitro groups is 2. The Morgan fingerprint density at radius 2 is 1.50 bits per heavy atom. The molecule has 0 atom stereocenters. The van der Waals surface area contributed by atoms with Crippen LogP contribution in [0.1, 0.15) is 10.4 Å². The van der Waals surface area contributed by atoms with Gasteiger partial charge in [0.05, 0.1) is 20.4 Å². The molecule has 0 heterocycles. The molecule has 0 saturated heterocycles. The third kappa shape index (κ3) is 3.36. The lowest BCUT2D eigenvalue weighted by molar-refractivity contribution is -0.385. The maximum atomic E-state index is 11.9. The molecule has 0 aliphatic heterocycles. The van der Waals surface area contributed by atoms with E-state index in [-0.39, 0.29) is 27.7 Å². The van der Waals surface area contributed by atoms with Crippen LogP contribution in [0.2, 0.25) is 5.02 Å². The molecule has 2 aromatic carbocycles. The van der Waals surface area contributed by atoms with E-state index in [0.29, 0.717) is 0 Å². The van der Waals surface area contributed by atoms with Gasteiger partial charge in [-0.1, -0.05) is 11.6 Å². The van der Waals surface area contributed by atoms with Gasteiger partial charge in [0, 0.05) is 24.3 Å². The largest absolute Gasteiger partial charge is 0.421 e. The van der Waals surface area contributed by atoms with Crippen molar-refractivity contribution in [1.29, 1.82) is 0 Å². The number of halogens is 1. The van der Waals surface area contributed by atoms with Gasteiger partial charge in [-0.25, -0.2) is 4.79 Å². The molecule has 0 radical (unpaired) electrons. The fourth-order valence-electron chi connectivity index (χ4n) is 1.56. The average molecular weight is 323 g/mol. The van der Waals surface area contributed by atoms with Gasteiger partial charge in [-0.3, -0.25) is 20.2 Å². The molecule has 0 bridgehead atoms. The summed E-state index contributed by atoms with van der Waals surface area (Å²) >= 11 is 5.80. The van der Waals surface area contributed by atoms with Crippen LogP contribution >= 0.6 is 11.6 Å². The molecule has 0 spiro atoms. The summed E-state index contributed by atoms with van der Waals surface area (Å²) in [6, 6.07) is 8.19. The minimum absolute atomic E-state index is 0.0457. The SMILES string of the molecule is O=C(Oc1ccc([N+](=O)[O-])cc1Cl)c1ccc([N+](=O)[O-])cc1. The van der Waals surface area contributed by atoms with Crippen molar-refractivity contribution >= 4 is 28.9 Å². The average Bonchev–Trinajstić information content (AvgIpc) is 2.49. The van der Waals surface area contributed by atoms with Crippen LogP contribution in [-0.2, 0) is 0 Å². The highest BCUT2D eigenvalue weighted by Gasteiger charge is 2.15. The highest BCUT2D eigenvalue weighted by atomic mass is 35.5. The molecular formula is C13H7ClN2O6. The molecule has 0 aliphatic carbocycles. The van der Waals surface area contributed by atoms with Crippen LogP contribution in [0.3, 0.4) is 0 Å². The minimum atomic E-state index is -0.786. The Morgan fingerprint density at radius 3 is 2.00 bits per heavy atom. The van der Waals surface area contributed by atoms with Crippen molar-refractivity contribution < 1.29 is 19.4 Å². The standard InChI is InChI=1S/C13H7ClN2O6/c14-11-7-10(16(20)21)5-6-12(11)22-13(17)8-1-3-9(4-2-8)15(18)19/h1-7H. The van der Waals surface area contributed by atoms with Crippen LogP contribution in [-0.4, -0.2) is 15.8 Å². The van der Waals surface area contributed by atoms with E-state index in [2.05, 4.69) is 0 Å². The normalized spacial score (nSPS) is 10.0. The summed E-state index contributed by atoms with van der Waals surface area (Å²) in [5.41, 5.74) is -0.315. The molecule has 0 amide bonds. The minimum Gasteiger partial charge on any atom is -0.421 e. The van der Waals surface area contributed by atoms with Crippen molar-refractivity contribution in [3.63, 3.8) is 0 Å². The summed E-state index contributed by atoms with van der Waals surface area (Å²) in [6.07, 6.45) is 0. The Bertz CT molecular complexity index is 760. The van der Waals surface area contributed by atoms with Crippen LogP contribution in [0.15, 0.2) is 42.5 Å². The van der Waals surface area contributed by atoms with Gasteiger partial charge < -0.3 is 4.74 Å².